The first-order chi connectivity index (χ1) is 7.31. The normalized spacial score (nSPS) is 9.93. The summed E-state index contributed by atoms with van der Waals surface area (Å²) in [4.78, 5) is 21.3. The van der Waals surface area contributed by atoms with Gasteiger partial charge in [-0.05, 0) is 19.3 Å². The summed E-state index contributed by atoms with van der Waals surface area (Å²) in [7, 11) is 0. The molecule has 0 spiro atoms. The Labute approximate surface area is 92.6 Å². The van der Waals surface area contributed by atoms with Crippen LogP contribution in [0.3, 0.4) is 0 Å². The first kappa shape index (κ1) is 14.1. The Hall–Kier alpha value is -0.860. The molecule has 0 aliphatic carbocycles. The van der Waals surface area contributed by atoms with E-state index in [0.29, 0.717) is 12.8 Å². The number of aldehydes is 1. The zero-order valence-corrected chi connectivity index (χ0v) is 9.76. The van der Waals surface area contributed by atoms with E-state index >= 15 is 0 Å². The summed E-state index contributed by atoms with van der Waals surface area (Å²) >= 11 is 0. The molecule has 0 aromatic carbocycles. The first-order valence-corrected chi connectivity index (χ1v) is 6.01. The minimum absolute atomic E-state index is 0.166. The fourth-order valence-corrected chi connectivity index (χ4v) is 1.36. The first-order valence-electron chi connectivity index (χ1n) is 6.01. The highest BCUT2D eigenvalue weighted by Gasteiger charge is 1.99. The van der Waals surface area contributed by atoms with Gasteiger partial charge >= 0.3 is 0 Å². The highest BCUT2D eigenvalue weighted by atomic mass is 16.1. The van der Waals surface area contributed by atoms with Crippen molar-refractivity contribution < 1.29 is 9.59 Å². The van der Waals surface area contributed by atoms with Gasteiger partial charge in [0.25, 0.3) is 0 Å². The van der Waals surface area contributed by atoms with Gasteiger partial charge in [0.15, 0.2) is 0 Å². The molecule has 1 N–H and O–H groups in total. The summed E-state index contributed by atoms with van der Waals surface area (Å²) in [5, 5.41) is 2.89. The molecule has 0 aromatic rings. The quantitative estimate of drug-likeness (QED) is 0.447. The van der Waals surface area contributed by atoms with Gasteiger partial charge in [-0.15, -0.1) is 0 Å². The molecule has 3 heteroatoms. The molecule has 0 unspecified atom stereocenters. The van der Waals surface area contributed by atoms with Crippen LogP contribution in [0.15, 0.2) is 0 Å². The van der Waals surface area contributed by atoms with Crippen molar-refractivity contribution in [3.05, 3.63) is 0 Å². The predicted octanol–water partition coefficient (Wildman–Crippen LogP) is 2.44. The third kappa shape index (κ3) is 11.1. The van der Waals surface area contributed by atoms with E-state index in [1.54, 1.807) is 0 Å². The monoisotopic (exact) mass is 213 g/mol. The van der Waals surface area contributed by atoms with Crippen LogP contribution < -0.4 is 5.32 Å². The molecule has 0 atom stereocenters. The van der Waals surface area contributed by atoms with Crippen molar-refractivity contribution in [1.82, 2.24) is 5.32 Å². The fraction of sp³-hybridized carbons (Fsp3) is 0.833. The molecule has 0 heterocycles. The minimum Gasteiger partial charge on any atom is -0.356 e. The van der Waals surface area contributed by atoms with Crippen LogP contribution in [0.4, 0.5) is 0 Å². The van der Waals surface area contributed by atoms with Gasteiger partial charge in [-0.1, -0.05) is 26.2 Å². The Morgan fingerprint density at radius 1 is 1.13 bits per heavy atom. The molecular formula is C12H23NO2. The zero-order chi connectivity index (χ0) is 11.4. The van der Waals surface area contributed by atoms with E-state index in [1.807, 2.05) is 0 Å². The van der Waals surface area contributed by atoms with Gasteiger partial charge in [0.05, 0.1) is 0 Å². The summed E-state index contributed by atoms with van der Waals surface area (Å²) in [6.45, 7) is 2.92. The average Bonchev–Trinajstić information content (AvgIpc) is 2.23. The van der Waals surface area contributed by atoms with Gasteiger partial charge < -0.3 is 10.1 Å². The van der Waals surface area contributed by atoms with Crippen LogP contribution in [0.25, 0.3) is 0 Å². The van der Waals surface area contributed by atoms with E-state index in [4.69, 9.17) is 0 Å². The van der Waals surface area contributed by atoms with Crippen molar-refractivity contribution in [3.63, 3.8) is 0 Å². The molecule has 0 bridgehead atoms. The number of unbranched alkanes of at least 4 members (excludes halogenated alkanes) is 5. The highest BCUT2D eigenvalue weighted by Crippen LogP contribution is 2.04. The minimum atomic E-state index is 0.166. The highest BCUT2D eigenvalue weighted by molar-refractivity contribution is 5.75. The molecule has 0 aromatic heterocycles. The van der Waals surface area contributed by atoms with Crippen LogP contribution in [0.1, 0.15) is 58.3 Å². The lowest BCUT2D eigenvalue weighted by Gasteiger charge is -2.03. The van der Waals surface area contributed by atoms with Crippen LogP contribution in [-0.4, -0.2) is 18.7 Å². The third-order valence-electron chi connectivity index (χ3n) is 2.33. The van der Waals surface area contributed by atoms with Crippen molar-refractivity contribution in [2.45, 2.75) is 58.3 Å². The molecule has 0 saturated carbocycles. The SMILES string of the molecule is CCCCNC(=O)CCCCCCC=O. The van der Waals surface area contributed by atoms with Crippen LogP contribution in [0.5, 0.6) is 0 Å². The summed E-state index contributed by atoms with van der Waals surface area (Å²) in [6, 6.07) is 0. The topological polar surface area (TPSA) is 46.2 Å². The van der Waals surface area contributed by atoms with Gasteiger partial charge in [0.1, 0.15) is 6.29 Å². The molecule has 88 valence electrons. The number of hydrogen-bond donors (Lipinski definition) is 1. The van der Waals surface area contributed by atoms with E-state index in [2.05, 4.69) is 12.2 Å². The van der Waals surface area contributed by atoms with Crippen LogP contribution >= 0.6 is 0 Å². The largest absolute Gasteiger partial charge is 0.356 e. The predicted molar refractivity (Wildman–Crippen MR) is 61.7 cm³/mol. The molecule has 0 radical (unpaired) electrons. The van der Waals surface area contributed by atoms with E-state index in [-0.39, 0.29) is 5.91 Å². The summed E-state index contributed by atoms with van der Waals surface area (Å²) in [5.41, 5.74) is 0. The smallest absolute Gasteiger partial charge is 0.219 e. The number of carbonyl (C=O) groups is 2. The molecule has 3 nitrogen and oxygen atoms in total. The van der Waals surface area contributed by atoms with E-state index in [0.717, 1.165) is 51.4 Å². The summed E-state index contributed by atoms with van der Waals surface area (Å²) < 4.78 is 0. The molecule has 1 amide bonds. The Morgan fingerprint density at radius 2 is 1.87 bits per heavy atom. The lowest BCUT2D eigenvalue weighted by molar-refractivity contribution is -0.121. The number of nitrogens with one attached hydrogen (secondary N) is 1. The van der Waals surface area contributed by atoms with Crippen LogP contribution in [0, 0.1) is 0 Å². The van der Waals surface area contributed by atoms with Gasteiger partial charge in [0, 0.05) is 19.4 Å². The maximum atomic E-state index is 11.2. The van der Waals surface area contributed by atoms with Crippen molar-refractivity contribution in [1.29, 1.82) is 0 Å². The average molecular weight is 213 g/mol. The lowest BCUT2D eigenvalue weighted by Crippen LogP contribution is -2.23. The Balaban J connectivity index is 3.13. The van der Waals surface area contributed by atoms with E-state index in [9.17, 15) is 9.59 Å². The molecule has 15 heavy (non-hydrogen) atoms. The number of rotatable bonds is 10. The van der Waals surface area contributed by atoms with Gasteiger partial charge in [-0.2, -0.15) is 0 Å². The van der Waals surface area contributed by atoms with Crippen molar-refractivity contribution in [3.8, 4) is 0 Å². The molecule has 0 fully saturated rings. The number of hydrogen-bond acceptors (Lipinski definition) is 2. The standard InChI is InChI=1S/C12H23NO2/c1-2-3-10-13-12(15)9-7-5-4-6-8-11-14/h11H,2-10H2,1H3,(H,13,15). The maximum absolute atomic E-state index is 11.2. The summed E-state index contributed by atoms with van der Waals surface area (Å²) in [6.07, 6.45) is 8.43. The van der Waals surface area contributed by atoms with Gasteiger partial charge in [0.2, 0.25) is 5.91 Å². The van der Waals surface area contributed by atoms with Crippen LogP contribution in [0.2, 0.25) is 0 Å². The van der Waals surface area contributed by atoms with Gasteiger partial charge in [-0.25, -0.2) is 0 Å². The van der Waals surface area contributed by atoms with Crippen molar-refractivity contribution in [2.75, 3.05) is 6.54 Å². The number of amides is 1. The van der Waals surface area contributed by atoms with Gasteiger partial charge in [-0.3, -0.25) is 4.79 Å². The maximum Gasteiger partial charge on any atom is 0.219 e. The zero-order valence-electron chi connectivity index (χ0n) is 9.76. The second-order valence-corrected chi connectivity index (χ2v) is 3.82. The Kier molecular flexibility index (Phi) is 10.6. The third-order valence-corrected chi connectivity index (χ3v) is 2.33. The van der Waals surface area contributed by atoms with Crippen molar-refractivity contribution in [2.24, 2.45) is 0 Å². The number of carbonyl (C=O) groups excluding carboxylic acids is 2. The van der Waals surface area contributed by atoms with E-state index < -0.39 is 0 Å². The molecule has 0 aliphatic heterocycles. The second-order valence-electron chi connectivity index (χ2n) is 3.82. The molecular weight excluding hydrogens is 190 g/mol. The molecule has 0 aliphatic rings. The summed E-state index contributed by atoms with van der Waals surface area (Å²) in [5.74, 6) is 0.166. The van der Waals surface area contributed by atoms with E-state index in [1.165, 1.54) is 0 Å². The Morgan fingerprint density at radius 3 is 2.53 bits per heavy atom. The molecule has 0 rings (SSSR count). The Bertz CT molecular complexity index is 169. The fourth-order valence-electron chi connectivity index (χ4n) is 1.36. The van der Waals surface area contributed by atoms with Crippen LogP contribution in [-0.2, 0) is 9.59 Å². The molecule has 0 saturated heterocycles. The lowest BCUT2D eigenvalue weighted by atomic mass is 10.1. The second kappa shape index (κ2) is 11.2. The van der Waals surface area contributed by atoms with Crippen molar-refractivity contribution >= 4 is 12.2 Å².